The van der Waals surface area contributed by atoms with Crippen molar-refractivity contribution in [1.82, 2.24) is 10.2 Å². The minimum absolute atomic E-state index is 0.156. The third-order valence-corrected chi connectivity index (χ3v) is 4.00. The lowest BCUT2D eigenvalue weighted by Crippen LogP contribution is -2.67. The molecule has 2 aliphatic heterocycles. The van der Waals surface area contributed by atoms with E-state index < -0.39 is 18.1 Å². The summed E-state index contributed by atoms with van der Waals surface area (Å²) in [6, 6.07) is 2.84. The van der Waals surface area contributed by atoms with Crippen molar-refractivity contribution in [2.24, 2.45) is 0 Å². The predicted molar refractivity (Wildman–Crippen MR) is 81.6 cm³/mol. The number of rotatable bonds is 1. The number of ether oxygens (including phenoxy) is 3. The SMILES string of the molecule is C[C@@H]1CN(C(=O)N[C@]2(C(F)(F)F)Oc3ccc(Cl)cc3O2)C[C@H](C)O1. The van der Waals surface area contributed by atoms with Gasteiger partial charge in [0.1, 0.15) is 0 Å². The minimum atomic E-state index is -5.02. The summed E-state index contributed by atoms with van der Waals surface area (Å²) in [6.45, 7) is 3.78. The lowest BCUT2D eigenvalue weighted by molar-refractivity contribution is -0.318. The van der Waals surface area contributed by atoms with Crippen LogP contribution in [0.3, 0.4) is 0 Å². The summed E-state index contributed by atoms with van der Waals surface area (Å²) in [5.41, 5.74) is 0. The van der Waals surface area contributed by atoms with Gasteiger partial charge in [0.25, 0.3) is 0 Å². The van der Waals surface area contributed by atoms with Crippen molar-refractivity contribution in [2.45, 2.75) is 38.1 Å². The summed E-state index contributed by atoms with van der Waals surface area (Å²) in [7, 11) is 0. The molecule has 2 aliphatic rings. The van der Waals surface area contributed by atoms with Gasteiger partial charge in [-0.2, -0.15) is 13.2 Å². The number of carbonyl (C=O) groups excluding carboxylic acids is 1. The van der Waals surface area contributed by atoms with E-state index in [9.17, 15) is 18.0 Å². The number of hydrogen-bond acceptors (Lipinski definition) is 4. The quantitative estimate of drug-likeness (QED) is 0.813. The molecule has 0 saturated carbocycles. The maximum atomic E-state index is 13.6. The number of carbonyl (C=O) groups is 1. The Kier molecular flexibility index (Phi) is 4.40. The van der Waals surface area contributed by atoms with Gasteiger partial charge >= 0.3 is 18.1 Å². The van der Waals surface area contributed by atoms with E-state index in [4.69, 9.17) is 25.8 Å². The van der Waals surface area contributed by atoms with Gasteiger partial charge in [-0.15, -0.1) is 0 Å². The Hall–Kier alpha value is -1.87. The highest BCUT2D eigenvalue weighted by molar-refractivity contribution is 6.30. The largest absolute Gasteiger partial charge is 0.492 e. The molecule has 0 aliphatic carbocycles. The number of benzene rings is 1. The van der Waals surface area contributed by atoms with Gasteiger partial charge < -0.3 is 19.1 Å². The predicted octanol–water partition coefficient (Wildman–Crippen LogP) is 3.15. The van der Waals surface area contributed by atoms with Crippen LogP contribution in [0.25, 0.3) is 0 Å². The van der Waals surface area contributed by atoms with Gasteiger partial charge in [0.15, 0.2) is 11.5 Å². The van der Waals surface area contributed by atoms with E-state index in [-0.39, 0.29) is 41.8 Å². The second-order valence-corrected chi connectivity index (χ2v) is 6.44. The molecule has 138 valence electrons. The van der Waals surface area contributed by atoms with Crippen LogP contribution in [0.15, 0.2) is 18.2 Å². The van der Waals surface area contributed by atoms with Gasteiger partial charge in [-0.1, -0.05) is 11.6 Å². The molecule has 2 heterocycles. The molecule has 0 spiro atoms. The van der Waals surface area contributed by atoms with Gasteiger partial charge in [-0.3, -0.25) is 5.32 Å². The van der Waals surface area contributed by atoms with Crippen LogP contribution in [0, 0.1) is 0 Å². The molecule has 0 aromatic heterocycles. The molecule has 2 amide bonds. The van der Waals surface area contributed by atoms with E-state index in [1.165, 1.54) is 23.1 Å². The first-order valence-electron chi connectivity index (χ1n) is 7.56. The zero-order valence-corrected chi connectivity index (χ0v) is 14.1. The molecule has 3 rings (SSSR count). The fourth-order valence-corrected chi connectivity index (χ4v) is 2.94. The Morgan fingerprint density at radius 2 is 1.84 bits per heavy atom. The fourth-order valence-electron chi connectivity index (χ4n) is 2.78. The highest BCUT2D eigenvalue weighted by atomic mass is 35.5. The summed E-state index contributed by atoms with van der Waals surface area (Å²) >= 11 is 5.76. The van der Waals surface area contributed by atoms with E-state index >= 15 is 0 Å². The van der Waals surface area contributed by atoms with Crippen LogP contribution in [0.5, 0.6) is 11.5 Å². The van der Waals surface area contributed by atoms with Crippen LogP contribution < -0.4 is 14.8 Å². The first-order chi connectivity index (χ1) is 11.6. The van der Waals surface area contributed by atoms with E-state index in [1.54, 1.807) is 13.8 Å². The lowest BCUT2D eigenvalue weighted by atomic mass is 10.2. The maximum absolute atomic E-state index is 13.6. The third-order valence-electron chi connectivity index (χ3n) is 3.76. The molecule has 0 bridgehead atoms. The first-order valence-corrected chi connectivity index (χ1v) is 7.94. The highest BCUT2D eigenvalue weighted by Crippen LogP contribution is 2.46. The number of nitrogens with one attached hydrogen (secondary N) is 1. The van der Waals surface area contributed by atoms with Crippen LogP contribution in [-0.4, -0.2) is 48.3 Å². The molecule has 1 aromatic carbocycles. The molecule has 1 N–H and O–H groups in total. The van der Waals surface area contributed by atoms with Crippen molar-refractivity contribution >= 4 is 17.6 Å². The van der Waals surface area contributed by atoms with Crippen LogP contribution in [0.4, 0.5) is 18.0 Å². The number of amides is 2. The molecular weight excluding hydrogens is 365 g/mol. The Bertz CT molecular complexity index is 677. The highest BCUT2D eigenvalue weighted by Gasteiger charge is 2.66. The summed E-state index contributed by atoms with van der Waals surface area (Å²) in [4.78, 5) is 13.6. The van der Waals surface area contributed by atoms with Gasteiger partial charge in [0, 0.05) is 24.2 Å². The molecule has 1 aromatic rings. The zero-order chi connectivity index (χ0) is 18.4. The summed E-state index contributed by atoms with van der Waals surface area (Å²) in [6.07, 6.45) is -5.60. The topological polar surface area (TPSA) is 60.0 Å². The molecule has 1 fully saturated rings. The zero-order valence-electron chi connectivity index (χ0n) is 13.4. The number of halogens is 4. The van der Waals surface area contributed by atoms with Crippen molar-refractivity contribution in [2.75, 3.05) is 13.1 Å². The normalized spacial score (nSPS) is 28.8. The lowest BCUT2D eigenvalue weighted by Gasteiger charge is -2.37. The summed E-state index contributed by atoms with van der Waals surface area (Å²) in [5, 5.41) is 2.01. The van der Waals surface area contributed by atoms with Crippen LogP contribution in [0.2, 0.25) is 5.02 Å². The van der Waals surface area contributed by atoms with Crippen molar-refractivity contribution in [3.05, 3.63) is 23.2 Å². The van der Waals surface area contributed by atoms with E-state index in [0.717, 1.165) is 0 Å². The Labute approximate surface area is 146 Å². The third kappa shape index (κ3) is 3.43. The van der Waals surface area contributed by atoms with Crippen LogP contribution >= 0.6 is 11.6 Å². The molecule has 10 heteroatoms. The van der Waals surface area contributed by atoms with Crippen molar-refractivity contribution in [3.8, 4) is 11.5 Å². The molecule has 0 unspecified atom stereocenters. The second-order valence-electron chi connectivity index (χ2n) is 6.00. The van der Waals surface area contributed by atoms with E-state index in [1.807, 2.05) is 5.32 Å². The second kappa shape index (κ2) is 6.14. The Morgan fingerprint density at radius 3 is 2.44 bits per heavy atom. The number of urea groups is 1. The van der Waals surface area contributed by atoms with Gasteiger partial charge in [0.05, 0.1) is 12.2 Å². The van der Waals surface area contributed by atoms with Crippen LogP contribution in [0.1, 0.15) is 13.8 Å². The van der Waals surface area contributed by atoms with Crippen molar-refractivity contribution < 1.29 is 32.2 Å². The van der Waals surface area contributed by atoms with Crippen molar-refractivity contribution in [1.29, 1.82) is 0 Å². The number of fused-ring (bicyclic) bond motifs is 1. The molecular formula is C15H16ClF3N2O4. The smallest absolute Gasteiger partial charge is 0.424 e. The van der Waals surface area contributed by atoms with Gasteiger partial charge in [0.2, 0.25) is 0 Å². The van der Waals surface area contributed by atoms with E-state index in [2.05, 4.69) is 0 Å². The maximum Gasteiger partial charge on any atom is 0.492 e. The molecule has 0 radical (unpaired) electrons. The average Bonchev–Trinajstić information content (AvgIpc) is 2.84. The van der Waals surface area contributed by atoms with Crippen molar-refractivity contribution in [3.63, 3.8) is 0 Å². The summed E-state index contributed by atoms with van der Waals surface area (Å²) < 4.78 is 56.2. The van der Waals surface area contributed by atoms with E-state index in [0.29, 0.717) is 0 Å². The molecule has 1 saturated heterocycles. The minimum Gasteiger partial charge on any atom is -0.424 e. The Balaban J connectivity index is 1.83. The summed E-state index contributed by atoms with van der Waals surface area (Å²) in [5.74, 6) is -3.67. The van der Waals surface area contributed by atoms with Crippen LogP contribution in [-0.2, 0) is 4.74 Å². The number of hydrogen-bond donors (Lipinski definition) is 1. The number of alkyl halides is 3. The first kappa shape index (κ1) is 17.9. The average molecular weight is 381 g/mol. The van der Waals surface area contributed by atoms with Gasteiger partial charge in [-0.05, 0) is 26.0 Å². The molecule has 6 nitrogen and oxygen atoms in total. The number of nitrogens with zero attached hydrogens (tertiary/aromatic N) is 1. The number of morpholine rings is 1. The monoisotopic (exact) mass is 380 g/mol. The molecule has 3 atom stereocenters. The fraction of sp³-hybridized carbons (Fsp3) is 0.533. The van der Waals surface area contributed by atoms with Gasteiger partial charge in [-0.25, -0.2) is 4.79 Å². The standard InChI is InChI=1S/C15H16ClF3N2O4/c1-8-6-21(7-9(2)23-8)13(22)20-15(14(17,18)19)24-11-4-3-10(16)5-12(11)25-15/h3-5,8-9H,6-7H2,1-2H3,(H,20,22)/t8-,9+,15-/m1/s1. The molecule has 25 heavy (non-hydrogen) atoms. The Morgan fingerprint density at radius 1 is 1.24 bits per heavy atom.